The Balaban J connectivity index is 2.00. The van der Waals surface area contributed by atoms with Crippen LogP contribution in [0.3, 0.4) is 0 Å². The highest BCUT2D eigenvalue weighted by molar-refractivity contribution is 5.74. The van der Waals surface area contributed by atoms with E-state index in [9.17, 15) is 9.18 Å². The van der Waals surface area contributed by atoms with Crippen molar-refractivity contribution in [3.8, 4) is 11.8 Å². The SMILES string of the molecule is N#CCC1(COc2ccc(C=O)cc2F)CC1. The standard InChI is InChI=1S/C13H12FNO2/c14-11-7-10(8-16)1-2-12(11)17-9-13(3-4-13)5-6-15/h1-2,7-8H,3-5,9H2. The average Bonchev–Trinajstić information content (AvgIpc) is 3.08. The fourth-order valence-electron chi connectivity index (χ4n) is 1.65. The molecule has 0 unspecified atom stereocenters. The molecule has 0 aromatic heterocycles. The van der Waals surface area contributed by atoms with Crippen molar-refractivity contribution < 1.29 is 13.9 Å². The lowest BCUT2D eigenvalue weighted by Crippen LogP contribution is -2.13. The highest BCUT2D eigenvalue weighted by atomic mass is 19.1. The Morgan fingerprint density at radius 1 is 1.53 bits per heavy atom. The minimum Gasteiger partial charge on any atom is -0.490 e. The molecule has 0 heterocycles. The summed E-state index contributed by atoms with van der Waals surface area (Å²) in [6, 6.07) is 6.22. The molecule has 0 radical (unpaired) electrons. The van der Waals surface area contributed by atoms with Crippen LogP contribution in [0.25, 0.3) is 0 Å². The van der Waals surface area contributed by atoms with Crippen LogP contribution in [0.15, 0.2) is 18.2 Å². The lowest BCUT2D eigenvalue weighted by atomic mass is 10.1. The maximum absolute atomic E-state index is 13.5. The Morgan fingerprint density at radius 3 is 2.82 bits per heavy atom. The quantitative estimate of drug-likeness (QED) is 0.735. The number of hydrogen-bond acceptors (Lipinski definition) is 3. The summed E-state index contributed by atoms with van der Waals surface area (Å²) in [4.78, 5) is 10.4. The first-order chi connectivity index (χ1) is 8.19. The third-order valence-corrected chi connectivity index (χ3v) is 3.04. The van der Waals surface area contributed by atoms with Crippen molar-refractivity contribution in [3.05, 3.63) is 29.6 Å². The topological polar surface area (TPSA) is 50.1 Å². The molecule has 0 spiro atoms. The van der Waals surface area contributed by atoms with E-state index in [0.29, 0.717) is 19.3 Å². The molecule has 17 heavy (non-hydrogen) atoms. The van der Waals surface area contributed by atoms with Crippen LogP contribution in [0.1, 0.15) is 29.6 Å². The number of carbonyl (C=O) groups is 1. The van der Waals surface area contributed by atoms with Gasteiger partial charge >= 0.3 is 0 Å². The van der Waals surface area contributed by atoms with Gasteiger partial charge in [0.15, 0.2) is 11.6 Å². The van der Waals surface area contributed by atoms with Gasteiger partial charge in [0, 0.05) is 17.4 Å². The molecule has 0 atom stereocenters. The minimum absolute atomic E-state index is 0.0788. The van der Waals surface area contributed by atoms with Crippen LogP contribution in [0, 0.1) is 22.6 Å². The van der Waals surface area contributed by atoms with Crippen molar-refractivity contribution in [3.63, 3.8) is 0 Å². The summed E-state index contributed by atoms with van der Waals surface area (Å²) in [5.74, 6) is -0.401. The zero-order chi connectivity index (χ0) is 12.3. The highest BCUT2D eigenvalue weighted by Crippen LogP contribution is 2.48. The summed E-state index contributed by atoms with van der Waals surface area (Å²) < 4.78 is 18.8. The summed E-state index contributed by atoms with van der Waals surface area (Å²) in [5, 5.41) is 8.64. The van der Waals surface area contributed by atoms with Gasteiger partial charge < -0.3 is 4.74 Å². The molecular formula is C13H12FNO2. The Hall–Kier alpha value is -1.89. The molecule has 0 bridgehead atoms. The van der Waals surface area contributed by atoms with Gasteiger partial charge in [0.05, 0.1) is 12.7 Å². The number of nitriles is 1. The summed E-state index contributed by atoms with van der Waals surface area (Å²) in [5.41, 5.74) is 0.206. The molecule has 0 N–H and O–H groups in total. The van der Waals surface area contributed by atoms with Crippen molar-refractivity contribution >= 4 is 6.29 Å². The summed E-state index contributed by atoms with van der Waals surface area (Å²) in [6.45, 7) is 0.359. The van der Waals surface area contributed by atoms with Crippen LogP contribution in [-0.4, -0.2) is 12.9 Å². The Kier molecular flexibility index (Phi) is 3.10. The highest BCUT2D eigenvalue weighted by Gasteiger charge is 2.43. The van der Waals surface area contributed by atoms with Crippen molar-refractivity contribution in [1.29, 1.82) is 5.26 Å². The molecule has 1 aliphatic rings. The molecule has 1 aromatic carbocycles. The predicted octanol–water partition coefficient (Wildman–Crippen LogP) is 2.71. The number of halogens is 1. The monoisotopic (exact) mass is 233 g/mol. The van der Waals surface area contributed by atoms with Gasteiger partial charge in [-0.15, -0.1) is 0 Å². The molecule has 1 fully saturated rings. The van der Waals surface area contributed by atoms with E-state index in [2.05, 4.69) is 6.07 Å². The van der Waals surface area contributed by atoms with E-state index in [-0.39, 0.29) is 16.7 Å². The molecule has 1 saturated carbocycles. The maximum Gasteiger partial charge on any atom is 0.165 e. The van der Waals surface area contributed by atoms with E-state index in [1.807, 2.05) is 0 Å². The summed E-state index contributed by atoms with van der Waals surface area (Å²) in [7, 11) is 0. The van der Waals surface area contributed by atoms with E-state index in [4.69, 9.17) is 10.00 Å². The van der Waals surface area contributed by atoms with Gasteiger partial charge in [0.2, 0.25) is 0 Å². The van der Waals surface area contributed by atoms with Gasteiger partial charge in [-0.3, -0.25) is 4.79 Å². The van der Waals surface area contributed by atoms with E-state index < -0.39 is 5.82 Å². The lowest BCUT2D eigenvalue weighted by Gasteiger charge is -2.13. The number of ether oxygens (including phenoxy) is 1. The molecule has 4 heteroatoms. The molecule has 0 saturated heterocycles. The minimum atomic E-state index is -0.539. The summed E-state index contributed by atoms with van der Waals surface area (Å²) in [6.07, 6.45) is 2.94. The first-order valence-electron chi connectivity index (χ1n) is 5.44. The average molecular weight is 233 g/mol. The van der Waals surface area contributed by atoms with Crippen LogP contribution in [0.5, 0.6) is 5.75 Å². The third kappa shape index (κ3) is 2.62. The number of nitrogens with zero attached hydrogens (tertiary/aromatic N) is 1. The fourth-order valence-corrected chi connectivity index (χ4v) is 1.65. The first kappa shape index (κ1) is 11.6. The van der Waals surface area contributed by atoms with Crippen molar-refractivity contribution in [2.45, 2.75) is 19.3 Å². The number of benzene rings is 1. The van der Waals surface area contributed by atoms with Crippen molar-refractivity contribution in [2.75, 3.05) is 6.61 Å². The number of aldehydes is 1. The Bertz CT molecular complexity index is 475. The van der Waals surface area contributed by atoms with Gasteiger partial charge in [-0.25, -0.2) is 4.39 Å². The third-order valence-electron chi connectivity index (χ3n) is 3.04. The van der Waals surface area contributed by atoms with E-state index in [1.165, 1.54) is 12.1 Å². The van der Waals surface area contributed by atoms with Crippen LogP contribution in [-0.2, 0) is 0 Å². The van der Waals surface area contributed by atoms with Gasteiger partial charge in [-0.05, 0) is 31.0 Å². The van der Waals surface area contributed by atoms with Gasteiger partial charge in [-0.1, -0.05) is 0 Å². The molecule has 88 valence electrons. The number of hydrogen-bond donors (Lipinski definition) is 0. The zero-order valence-electron chi connectivity index (χ0n) is 9.28. The van der Waals surface area contributed by atoms with Crippen molar-refractivity contribution in [1.82, 2.24) is 0 Å². The number of carbonyl (C=O) groups excluding carboxylic acids is 1. The smallest absolute Gasteiger partial charge is 0.165 e. The van der Waals surface area contributed by atoms with Gasteiger partial charge in [0.1, 0.15) is 6.29 Å². The predicted molar refractivity (Wildman–Crippen MR) is 59.2 cm³/mol. The molecule has 1 aliphatic carbocycles. The van der Waals surface area contributed by atoms with Crippen LogP contribution >= 0.6 is 0 Å². The lowest BCUT2D eigenvalue weighted by molar-refractivity contribution is 0.112. The Labute approximate surface area is 98.8 Å². The molecule has 0 amide bonds. The van der Waals surface area contributed by atoms with Gasteiger partial charge in [-0.2, -0.15) is 5.26 Å². The first-order valence-corrected chi connectivity index (χ1v) is 5.44. The molecule has 2 rings (SSSR count). The van der Waals surface area contributed by atoms with E-state index >= 15 is 0 Å². The second-order valence-corrected chi connectivity index (χ2v) is 4.43. The number of rotatable bonds is 5. The second-order valence-electron chi connectivity index (χ2n) is 4.43. The largest absolute Gasteiger partial charge is 0.490 e. The molecule has 1 aromatic rings. The van der Waals surface area contributed by atoms with E-state index in [0.717, 1.165) is 18.9 Å². The molecular weight excluding hydrogens is 221 g/mol. The maximum atomic E-state index is 13.5. The van der Waals surface area contributed by atoms with Crippen molar-refractivity contribution in [2.24, 2.45) is 5.41 Å². The van der Waals surface area contributed by atoms with Crippen LogP contribution < -0.4 is 4.74 Å². The molecule has 0 aliphatic heterocycles. The van der Waals surface area contributed by atoms with E-state index in [1.54, 1.807) is 0 Å². The van der Waals surface area contributed by atoms with Gasteiger partial charge in [0.25, 0.3) is 0 Å². The summed E-state index contributed by atoms with van der Waals surface area (Å²) >= 11 is 0. The second kappa shape index (κ2) is 4.54. The molecule has 3 nitrogen and oxygen atoms in total. The van der Waals surface area contributed by atoms with Crippen LogP contribution in [0.2, 0.25) is 0 Å². The normalized spacial score (nSPS) is 16.0. The van der Waals surface area contributed by atoms with Crippen LogP contribution in [0.4, 0.5) is 4.39 Å². The Morgan fingerprint density at radius 2 is 2.29 bits per heavy atom. The fraction of sp³-hybridized carbons (Fsp3) is 0.385. The zero-order valence-corrected chi connectivity index (χ0v) is 9.28.